The van der Waals surface area contributed by atoms with Gasteiger partial charge in [0, 0.05) is 12.5 Å². The molecule has 0 fully saturated rings. The van der Waals surface area contributed by atoms with E-state index in [1.807, 2.05) is 0 Å². The van der Waals surface area contributed by atoms with Crippen LogP contribution in [0.3, 0.4) is 0 Å². The van der Waals surface area contributed by atoms with Crippen molar-refractivity contribution in [3.05, 3.63) is 57.8 Å². The minimum Gasteiger partial charge on any atom is -0.358 e. The standard InChI is InChI=1S/C12H10FN3O3/c1-8-14-6-12(16(18)19)15(8)7-11(17)9-2-4-10(13)5-3-9/h2-6H,7H2,1H3. The number of imidazole rings is 1. The van der Waals surface area contributed by atoms with Crippen molar-refractivity contribution in [2.45, 2.75) is 13.5 Å². The molecule has 0 bridgehead atoms. The number of carbonyl (C=O) groups is 1. The third-order valence-electron chi connectivity index (χ3n) is 2.69. The molecule has 1 aromatic heterocycles. The van der Waals surface area contributed by atoms with E-state index in [1.165, 1.54) is 28.8 Å². The van der Waals surface area contributed by atoms with Gasteiger partial charge in [-0.15, -0.1) is 0 Å². The van der Waals surface area contributed by atoms with Crippen LogP contribution in [-0.2, 0) is 6.54 Å². The third kappa shape index (κ3) is 2.65. The monoisotopic (exact) mass is 263 g/mol. The predicted molar refractivity (Wildman–Crippen MR) is 64.3 cm³/mol. The first-order valence-electron chi connectivity index (χ1n) is 5.44. The number of benzene rings is 1. The van der Waals surface area contributed by atoms with Crippen LogP contribution in [0.15, 0.2) is 30.5 Å². The molecule has 0 amide bonds. The molecule has 0 aliphatic carbocycles. The Bertz CT molecular complexity index is 634. The van der Waals surface area contributed by atoms with E-state index in [4.69, 9.17) is 0 Å². The van der Waals surface area contributed by atoms with E-state index in [0.29, 0.717) is 11.4 Å². The highest BCUT2D eigenvalue weighted by molar-refractivity contribution is 5.96. The second-order valence-electron chi connectivity index (χ2n) is 3.94. The predicted octanol–water partition coefficient (Wildman–Crippen LogP) is 2.12. The van der Waals surface area contributed by atoms with Crippen molar-refractivity contribution in [2.24, 2.45) is 0 Å². The van der Waals surface area contributed by atoms with Crippen LogP contribution in [0.1, 0.15) is 16.2 Å². The molecule has 1 heterocycles. The first-order valence-corrected chi connectivity index (χ1v) is 5.44. The summed E-state index contributed by atoms with van der Waals surface area (Å²) >= 11 is 0. The highest BCUT2D eigenvalue weighted by Crippen LogP contribution is 2.15. The fourth-order valence-corrected chi connectivity index (χ4v) is 1.67. The number of hydrogen-bond acceptors (Lipinski definition) is 4. The van der Waals surface area contributed by atoms with Gasteiger partial charge in [0.1, 0.15) is 12.0 Å². The zero-order valence-corrected chi connectivity index (χ0v) is 10.0. The summed E-state index contributed by atoms with van der Waals surface area (Å²) in [6.45, 7) is 1.37. The zero-order chi connectivity index (χ0) is 14.0. The van der Waals surface area contributed by atoms with Gasteiger partial charge in [0.15, 0.2) is 12.4 Å². The molecule has 0 aliphatic heterocycles. The molecule has 6 nitrogen and oxygen atoms in total. The van der Waals surface area contributed by atoms with E-state index in [0.717, 1.165) is 6.20 Å². The molecule has 0 saturated carbocycles. The number of nitro groups is 1. The number of halogens is 1. The molecule has 0 saturated heterocycles. The first kappa shape index (κ1) is 12.9. The molecule has 2 aromatic rings. The van der Waals surface area contributed by atoms with Crippen molar-refractivity contribution in [1.82, 2.24) is 9.55 Å². The molecule has 0 unspecified atom stereocenters. The maximum absolute atomic E-state index is 12.7. The van der Waals surface area contributed by atoms with E-state index >= 15 is 0 Å². The first-order chi connectivity index (χ1) is 8.99. The number of ketones is 1. The highest BCUT2D eigenvalue weighted by Gasteiger charge is 2.20. The van der Waals surface area contributed by atoms with Crippen molar-refractivity contribution < 1.29 is 14.1 Å². The Morgan fingerprint density at radius 1 is 1.42 bits per heavy atom. The van der Waals surface area contributed by atoms with Crippen LogP contribution in [0, 0.1) is 22.9 Å². The van der Waals surface area contributed by atoms with Crippen LogP contribution in [0.5, 0.6) is 0 Å². The maximum Gasteiger partial charge on any atom is 0.343 e. The number of nitrogens with zero attached hydrogens (tertiary/aromatic N) is 3. The summed E-state index contributed by atoms with van der Waals surface area (Å²) in [5, 5.41) is 10.8. The molecule has 7 heteroatoms. The van der Waals surface area contributed by atoms with Crippen LogP contribution in [0.4, 0.5) is 10.2 Å². The van der Waals surface area contributed by atoms with Crippen molar-refractivity contribution in [1.29, 1.82) is 0 Å². The zero-order valence-electron chi connectivity index (χ0n) is 10.0. The van der Waals surface area contributed by atoms with Crippen LogP contribution in [0.25, 0.3) is 0 Å². The van der Waals surface area contributed by atoms with E-state index in [-0.39, 0.29) is 18.1 Å². The molecule has 1 aromatic carbocycles. The molecule has 0 atom stereocenters. The fourth-order valence-electron chi connectivity index (χ4n) is 1.67. The molecule has 0 aliphatic rings. The van der Waals surface area contributed by atoms with E-state index in [9.17, 15) is 19.3 Å². The topological polar surface area (TPSA) is 78.0 Å². The van der Waals surface area contributed by atoms with Crippen LogP contribution >= 0.6 is 0 Å². The third-order valence-corrected chi connectivity index (χ3v) is 2.69. The molecule has 19 heavy (non-hydrogen) atoms. The van der Waals surface area contributed by atoms with Crippen molar-refractivity contribution in [3.63, 3.8) is 0 Å². The molecule has 0 spiro atoms. The smallest absolute Gasteiger partial charge is 0.343 e. The lowest BCUT2D eigenvalue weighted by Gasteiger charge is -2.02. The minimum atomic E-state index is -0.599. The second-order valence-corrected chi connectivity index (χ2v) is 3.94. The summed E-state index contributed by atoms with van der Waals surface area (Å²) in [6.07, 6.45) is 1.10. The van der Waals surface area contributed by atoms with Gasteiger partial charge in [-0.25, -0.2) is 13.9 Å². The SMILES string of the molecule is Cc1ncc([N+](=O)[O-])n1CC(=O)c1ccc(F)cc1. The van der Waals surface area contributed by atoms with E-state index in [1.54, 1.807) is 6.92 Å². The van der Waals surface area contributed by atoms with Gasteiger partial charge in [-0.1, -0.05) is 0 Å². The van der Waals surface area contributed by atoms with Crippen molar-refractivity contribution in [2.75, 3.05) is 0 Å². The van der Waals surface area contributed by atoms with Gasteiger partial charge in [0.2, 0.25) is 5.78 Å². The van der Waals surface area contributed by atoms with Crippen LogP contribution in [-0.4, -0.2) is 20.3 Å². The normalized spacial score (nSPS) is 10.4. The molecular formula is C12H10FN3O3. The molecule has 0 N–H and O–H groups in total. The number of hydrogen-bond donors (Lipinski definition) is 0. The van der Waals surface area contributed by atoms with Gasteiger partial charge in [-0.05, 0) is 29.2 Å². The second kappa shape index (κ2) is 4.97. The van der Waals surface area contributed by atoms with Gasteiger partial charge >= 0.3 is 5.82 Å². The summed E-state index contributed by atoms with van der Waals surface area (Å²) in [6, 6.07) is 5.02. The Morgan fingerprint density at radius 2 is 2.05 bits per heavy atom. The van der Waals surface area contributed by atoms with Crippen molar-refractivity contribution in [3.8, 4) is 0 Å². The van der Waals surface area contributed by atoms with Crippen LogP contribution < -0.4 is 0 Å². The Morgan fingerprint density at radius 3 is 2.63 bits per heavy atom. The Labute approximate surface area is 107 Å². The van der Waals surface area contributed by atoms with Gasteiger partial charge in [0.25, 0.3) is 0 Å². The van der Waals surface area contributed by atoms with E-state index < -0.39 is 10.7 Å². The summed E-state index contributed by atoms with van der Waals surface area (Å²) in [4.78, 5) is 25.9. The highest BCUT2D eigenvalue weighted by atomic mass is 19.1. The summed E-state index contributed by atoms with van der Waals surface area (Å²) in [5.41, 5.74) is 0.295. The number of aromatic nitrogens is 2. The minimum absolute atomic E-state index is 0.201. The van der Waals surface area contributed by atoms with Gasteiger partial charge in [0.05, 0.1) is 0 Å². The largest absolute Gasteiger partial charge is 0.358 e. The van der Waals surface area contributed by atoms with Gasteiger partial charge < -0.3 is 10.1 Å². The average Bonchev–Trinajstić information content (AvgIpc) is 2.72. The van der Waals surface area contributed by atoms with Gasteiger partial charge in [-0.2, -0.15) is 0 Å². The molecule has 98 valence electrons. The molecule has 2 rings (SSSR count). The lowest BCUT2D eigenvalue weighted by Crippen LogP contribution is -2.13. The Hall–Kier alpha value is -2.57. The summed E-state index contributed by atoms with van der Waals surface area (Å²) in [7, 11) is 0. The molecular weight excluding hydrogens is 253 g/mol. The number of carbonyl (C=O) groups excluding carboxylic acids is 1. The molecule has 0 radical (unpaired) electrons. The number of aryl methyl sites for hydroxylation is 1. The Balaban J connectivity index is 2.26. The quantitative estimate of drug-likeness (QED) is 0.481. The van der Waals surface area contributed by atoms with Gasteiger partial charge in [-0.3, -0.25) is 4.79 Å². The van der Waals surface area contributed by atoms with Crippen LogP contribution in [0.2, 0.25) is 0 Å². The number of Topliss-reactive ketones (excluding diaryl/α,β-unsaturated/α-hetero) is 1. The average molecular weight is 263 g/mol. The maximum atomic E-state index is 12.7. The van der Waals surface area contributed by atoms with E-state index in [2.05, 4.69) is 4.98 Å². The lowest BCUT2D eigenvalue weighted by atomic mass is 10.1. The Kier molecular flexibility index (Phi) is 3.37. The van der Waals surface area contributed by atoms with Crippen molar-refractivity contribution >= 4 is 11.6 Å². The summed E-state index contributed by atoms with van der Waals surface area (Å²) < 4.78 is 14.0. The fraction of sp³-hybridized carbons (Fsp3) is 0.167. The lowest BCUT2D eigenvalue weighted by molar-refractivity contribution is -0.392. The number of rotatable bonds is 4. The summed E-state index contributed by atoms with van der Waals surface area (Å²) in [5.74, 6) is -0.652.